The highest BCUT2D eigenvalue weighted by Gasteiger charge is 1.93. The summed E-state index contributed by atoms with van der Waals surface area (Å²) in [6.07, 6.45) is 9.40. The Morgan fingerprint density at radius 3 is 2.29 bits per heavy atom. The van der Waals surface area contributed by atoms with Gasteiger partial charge in [0.15, 0.2) is 0 Å². The normalized spacial score (nSPS) is 9.71. The van der Waals surface area contributed by atoms with Crippen LogP contribution in [-0.2, 0) is 4.74 Å². The molecule has 1 amide bonds. The summed E-state index contributed by atoms with van der Waals surface area (Å²) in [6.45, 7) is 4.14. The monoisotopic (exact) mass is 199 g/mol. The Balaban J connectivity index is 2.92. The maximum atomic E-state index is 10.2. The Hall–Kier alpha value is -0.990. The molecule has 0 unspecified atom stereocenters. The first-order chi connectivity index (χ1) is 6.77. The van der Waals surface area contributed by atoms with Gasteiger partial charge in [-0.1, -0.05) is 31.8 Å². The van der Waals surface area contributed by atoms with Crippen LogP contribution in [0.15, 0.2) is 12.7 Å². The van der Waals surface area contributed by atoms with E-state index in [-0.39, 0.29) is 0 Å². The zero-order chi connectivity index (χ0) is 10.6. The van der Waals surface area contributed by atoms with Crippen molar-refractivity contribution in [2.75, 3.05) is 6.61 Å². The smallest absolute Gasteiger partial charge is 0.404 e. The summed E-state index contributed by atoms with van der Waals surface area (Å²) < 4.78 is 4.61. The van der Waals surface area contributed by atoms with Crippen LogP contribution < -0.4 is 5.73 Å². The first-order valence-corrected chi connectivity index (χ1v) is 5.30. The largest absolute Gasteiger partial charge is 0.450 e. The lowest BCUT2D eigenvalue weighted by atomic mass is 10.1. The van der Waals surface area contributed by atoms with E-state index >= 15 is 0 Å². The number of ether oxygens (including phenoxy) is 1. The van der Waals surface area contributed by atoms with E-state index in [2.05, 4.69) is 11.3 Å². The molecule has 14 heavy (non-hydrogen) atoms. The number of rotatable bonds is 9. The molecule has 0 heterocycles. The molecule has 0 saturated heterocycles. The van der Waals surface area contributed by atoms with Gasteiger partial charge in [0.1, 0.15) is 0 Å². The van der Waals surface area contributed by atoms with Gasteiger partial charge >= 0.3 is 6.09 Å². The van der Waals surface area contributed by atoms with Gasteiger partial charge in [-0.25, -0.2) is 4.79 Å². The Kier molecular flexibility index (Phi) is 9.38. The molecule has 0 aliphatic rings. The molecular formula is C11H21NO2. The number of carbonyl (C=O) groups is 1. The van der Waals surface area contributed by atoms with E-state index < -0.39 is 6.09 Å². The van der Waals surface area contributed by atoms with Crippen LogP contribution in [0.1, 0.15) is 44.9 Å². The molecule has 3 heteroatoms. The molecule has 0 aromatic carbocycles. The second kappa shape index (κ2) is 10.1. The maximum absolute atomic E-state index is 10.2. The topological polar surface area (TPSA) is 52.3 Å². The standard InChI is InChI=1S/C11H21NO2/c1-2-3-4-5-6-7-8-9-10-14-11(12)13/h2H,1,3-10H2,(H2,12,13). The molecule has 0 atom stereocenters. The molecule has 0 aromatic heterocycles. The highest BCUT2D eigenvalue weighted by Crippen LogP contribution is 2.07. The van der Waals surface area contributed by atoms with Crippen molar-refractivity contribution in [1.82, 2.24) is 0 Å². The van der Waals surface area contributed by atoms with Gasteiger partial charge in [0, 0.05) is 0 Å². The van der Waals surface area contributed by atoms with E-state index in [0.717, 1.165) is 19.3 Å². The van der Waals surface area contributed by atoms with Crippen molar-refractivity contribution in [3.05, 3.63) is 12.7 Å². The fraction of sp³-hybridized carbons (Fsp3) is 0.727. The molecule has 0 aromatic rings. The number of hydrogen-bond donors (Lipinski definition) is 1. The van der Waals surface area contributed by atoms with E-state index in [1.807, 2.05) is 6.08 Å². The molecule has 3 nitrogen and oxygen atoms in total. The van der Waals surface area contributed by atoms with E-state index in [1.54, 1.807) is 0 Å². The van der Waals surface area contributed by atoms with Crippen molar-refractivity contribution in [3.8, 4) is 0 Å². The lowest BCUT2D eigenvalue weighted by Gasteiger charge is -2.01. The fourth-order valence-electron chi connectivity index (χ4n) is 1.27. The lowest BCUT2D eigenvalue weighted by molar-refractivity contribution is 0.154. The molecule has 0 spiro atoms. The summed E-state index contributed by atoms with van der Waals surface area (Å²) in [5.74, 6) is 0. The quantitative estimate of drug-likeness (QED) is 0.458. The SMILES string of the molecule is C=CCCCCCCCCOC(N)=O. The first-order valence-electron chi connectivity index (χ1n) is 5.30. The summed E-state index contributed by atoms with van der Waals surface area (Å²) in [5.41, 5.74) is 4.82. The van der Waals surface area contributed by atoms with Crippen LogP contribution in [0, 0.1) is 0 Å². The van der Waals surface area contributed by atoms with Gasteiger partial charge in [0.2, 0.25) is 0 Å². The third-order valence-electron chi connectivity index (χ3n) is 2.05. The highest BCUT2D eigenvalue weighted by atomic mass is 16.5. The minimum absolute atomic E-state index is 0.460. The summed E-state index contributed by atoms with van der Waals surface area (Å²) in [7, 11) is 0. The first kappa shape index (κ1) is 13.0. The molecular weight excluding hydrogens is 178 g/mol. The van der Waals surface area contributed by atoms with Gasteiger partial charge in [-0.3, -0.25) is 0 Å². The zero-order valence-corrected chi connectivity index (χ0v) is 8.84. The predicted molar refractivity (Wildman–Crippen MR) is 58.1 cm³/mol. The molecule has 0 rings (SSSR count). The van der Waals surface area contributed by atoms with Gasteiger partial charge in [0.25, 0.3) is 0 Å². The Labute approximate surface area is 86.3 Å². The molecule has 0 saturated carbocycles. The molecule has 0 bridgehead atoms. The number of hydrogen-bond acceptors (Lipinski definition) is 2. The van der Waals surface area contributed by atoms with Crippen LogP contribution in [0.2, 0.25) is 0 Å². The number of unbranched alkanes of at least 4 members (excludes halogenated alkanes) is 6. The highest BCUT2D eigenvalue weighted by molar-refractivity contribution is 5.64. The van der Waals surface area contributed by atoms with Gasteiger partial charge in [-0.05, 0) is 19.3 Å². The minimum Gasteiger partial charge on any atom is -0.450 e. The van der Waals surface area contributed by atoms with E-state index in [0.29, 0.717) is 6.61 Å². The third-order valence-corrected chi connectivity index (χ3v) is 2.05. The predicted octanol–water partition coefficient (Wildman–Crippen LogP) is 3.00. The van der Waals surface area contributed by atoms with E-state index in [1.165, 1.54) is 25.7 Å². The van der Waals surface area contributed by atoms with Crippen LogP contribution in [0.4, 0.5) is 4.79 Å². The van der Waals surface area contributed by atoms with Gasteiger partial charge in [-0.15, -0.1) is 6.58 Å². The molecule has 0 aliphatic heterocycles. The molecule has 0 radical (unpaired) electrons. The maximum Gasteiger partial charge on any atom is 0.404 e. The van der Waals surface area contributed by atoms with E-state index in [4.69, 9.17) is 5.73 Å². The van der Waals surface area contributed by atoms with Gasteiger partial charge in [0.05, 0.1) is 6.61 Å². The van der Waals surface area contributed by atoms with Crippen molar-refractivity contribution in [3.63, 3.8) is 0 Å². The Bertz CT molecular complexity index is 157. The fourth-order valence-corrected chi connectivity index (χ4v) is 1.27. The van der Waals surface area contributed by atoms with Crippen LogP contribution in [0.5, 0.6) is 0 Å². The second-order valence-electron chi connectivity index (χ2n) is 3.37. The van der Waals surface area contributed by atoms with Gasteiger partial charge < -0.3 is 10.5 Å². The van der Waals surface area contributed by atoms with E-state index in [9.17, 15) is 4.79 Å². The van der Waals surface area contributed by atoms with Crippen molar-refractivity contribution in [2.24, 2.45) is 5.73 Å². The van der Waals surface area contributed by atoms with Crippen molar-refractivity contribution >= 4 is 6.09 Å². The number of primary amides is 1. The molecule has 82 valence electrons. The van der Waals surface area contributed by atoms with Crippen LogP contribution >= 0.6 is 0 Å². The zero-order valence-electron chi connectivity index (χ0n) is 8.84. The third kappa shape index (κ3) is 11.0. The molecule has 0 aliphatic carbocycles. The Morgan fingerprint density at radius 1 is 1.14 bits per heavy atom. The number of carbonyl (C=O) groups excluding carboxylic acids is 1. The number of nitrogens with two attached hydrogens (primary N) is 1. The average molecular weight is 199 g/mol. The summed E-state index contributed by atoms with van der Waals surface area (Å²) in [6, 6.07) is 0. The van der Waals surface area contributed by atoms with Crippen molar-refractivity contribution in [1.29, 1.82) is 0 Å². The van der Waals surface area contributed by atoms with Gasteiger partial charge in [-0.2, -0.15) is 0 Å². The second-order valence-corrected chi connectivity index (χ2v) is 3.37. The minimum atomic E-state index is -0.670. The van der Waals surface area contributed by atoms with Crippen molar-refractivity contribution in [2.45, 2.75) is 44.9 Å². The van der Waals surface area contributed by atoms with Crippen LogP contribution in [0.25, 0.3) is 0 Å². The lowest BCUT2D eigenvalue weighted by Crippen LogP contribution is -2.13. The number of amides is 1. The summed E-state index contributed by atoms with van der Waals surface area (Å²) in [5, 5.41) is 0. The number of allylic oxidation sites excluding steroid dienone is 1. The summed E-state index contributed by atoms with van der Waals surface area (Å²) >= 11 is 0. The van der Waals surface area contributed by atoms with Crippen LogP contribution in [0.3, 0.4) is 0 Å². The summed E-state index contributed by atoms with van der Waals surface area (Å²) in [4.78, 5) is 10.2. The molecule has 0 fully saturated rings. The Morgan fingerprint density at radius 2 is 1.71 bits per heavy atom. The average Bonchev–Trinajstić information content (AvgIpc) is 2.15. The van der Waals surface area contributed by atoms with Crippen LogP contribution in [-0.4, -0.2) is 12.7 Å². The molecule has 2 N–H and O–H groups in total. The van der Waals surface area contributed by atoms with Crippen molar-refractivity contribution < 1.29 is 9.53 Å².